The molecule has 5 heteroatoms. The Kier molecular flexibility index (Phi) is 2.37. The Hall–Kier alpha value is -1.91. The van der Waals surface area contributed by atoms with Crippen LogP contribution in [0.5, 0.6) is 0 Å². The first-order valence-electron chi connectivity index (χ1n) is 4.69. The number of hydrogen-bond donors (Lipinski definition) is 1. The van der Waals surface area contributed by atoms with E-state index in [4.69, 9.17) is 5.11 Å². The van der Waals surface area contributed by atoms with Crippen LogP contribution in [0.3, 0.4) is 0 Å². The molecule has 0 saturated carbocycles. The minimum atomic E-state index is -0.799. The molecule has 78 valence electrons. The van der Waals surface area contributed by atoms with Gasteiger partial charge in [0.25, 0.3) is 0 Å². The lowest BCUT2D eigenvalue weighted by atomic mass is 10.1. The molecule has 0 aliphatic rings. The molecule has 2 aromatic rings. The highest BCUT2D eigenvalue weighted by molar-refractivity contribution is 5.69. The van der Waals surface area contributed by atoms with Crippen molar-refractivity contribution >= 4 is 11.6 Å². The van der Waals surface area contributed by atoms with E-state index < -0.39 is 11.9 Å². The molecule has 0 aromatic carbocycles. The normalized spacial score (nSPS) is 12.9. The van der Waals surface area contributed by atoms with Crippen LogP contribution in [0.2, 0.25) is 0 Å². The molecule has 1 atom stereocenters. The van der Waals surface area contributed by atoms with Crippen molar-refractivity contribution in [3.05, 3.63) is 30.2 Å². The maximum absolute atomic E-state index is 10.7. The number of carboxylic acid groups (broad SMARTS) is 1. The van der Waals surface area contributed by atoms with E-state index in [0.717, 1.165) is 11.3 Å². The summed E-state index contributed by atoms with van der Waals surface area (Å²) in [6.45, 7) is 1.68. The second kappa shape index (κ2) is 3.68. The molecule has 2 aromatic heterocycles. The van der Waals surface area contributed by atoms with Gasteiger partial charge in [-0.25, -0.2) is 9.50 Å². The topological polar surface area (TPSA) is 67.5 Å². The summed E-state index contributed by atoms with van der Waals surface area (Å²) in [4.78, 5) is 14.8. The summed E-state index contributed by atoms with van der Waals surface area (Å²) in [6, 6.07) is 5.55. The van der Waals surface area contributed by atoms with Crippen LogP contribution in [0.15, 0.2) is 24.5 Å². The lowest BCUT2D eigenvalue weighted by molar-refractivity contribution is -0.141. The molecule has 1 unspecified atom stereocenters. The van der Waals surface area contributed by atoms with E-state index in [1.807, 2.05) is 18.2 Å². The molecule has 0 aliphatic carbocycles. The molecule has 2 heterocycles. The first-order chi connectivity index (χ1) is 7.18. The smallest absolute Gasteiger partial charge is 0.306 e. The van der Waals surface area contributed by atoms with E-state index in [0.29, 0.717) is 6.42 Å². The van der Waals surface area contributed by atoms with Gasteiger partial charge in [-0.3, -0.25) is 4.79 Å². The minimum absolute atomic E-state index is 0.417. The molecule has 5 nitrogen and oxygen atoms in total. The minimum Gasteiger partial charge on any atom is -0.481 e. The zero-order valence-corrected chi connectivity index (χ0v) is 8.29. The monoisotopic (exact) mass is 205 g/mol. The van der Waals surface area contributed by atoms with E-state index in [1.165, 1.54) is 6.33 Å². The van der Waals surface area contributed by atoms with Gasteiger partial charge < -0.3 is 5.11 Å². The van der Waals surface area contributed by atoms with Gasteiger partial charge in [-0.2, -0.15) is 5.10 Å². The summed E-state index contributed by atoms with van der Waals surface area (Å²) in [5.41, 5.74) is 1.60. The zero-order valence-electron chi connectivity index (χ0n) is 8.29. The van der Waals surface area contributed by atoms with Gasteiger partial charge in [0.1, 0.15) is 6.33 Å². The third-order valence-corrected chi connectivity index (χ3v) is 2.32. The highest BCUT2D eigenvalue weighted by atomic mass is 16.4. The predicted octanol–water partition coefficient (Wildman–Crippen LogP) is 0.992. The molecule has 0 radical (unpaired) electrons. The number of aromatic nitrogens is 3. The molecular formula is C10H11N3O2. The van der Waals surface area contributed by atoms with Crippen molar-refractivity contribution in [2.75, 3.05) is 0 Å². The summed E-state index contributed by atoms with van der Waals surface area (Å²) in [5, 5.41) is 12.9. The summed E-state index contributed by atoms with van der Waals surface area (Å²) >= 11 is 0. The molecule has 2 rings (SSSR count). The Morgan fingerprint density at radius 3 is 3.13 bits per heavy atom. The molecule has 1 N–H and O–H groups in total. The Labute approximate surface area is 86.4 Å². The first-order valence-corrected chi connectivity index (χ1v) is 4.69. The standard InChI is InChI=1S/C10H11N3O2/c1-7(10(14)15)5-8-3-2-4-9-11-6-12-13(8)9/h2-4,6-7H,5H2,1H3,(H,14,15). The van der Waals surface area contributed by atoms with Crippen molar-refractivity contribution in [3.63, 3.8) is 0 Å². The van der Waals surface area contributed by atoms with Crippen molar-refractivity contribution in [1.82, 2.24) is 14.6 Å². The van der Waals surface area contributed by atoms with Gasteiger partial charge in [0.05, 0.1) is 5.92 Å². The van der Waals surface area contributed by atoms with E-state index in [9.17, 15) is 4.79 Å². The quantitative estimate of drug-likeness (QED) is 0.811. The number of aliphatic carboxylic acids is 1. The van der Waals surface area contributed by atoms with E-state index >= 15 is 0 Å². The Bertz CT molecular complexity index is 492. The van der Waals surface area contributed by atoms with E-state index in [-0.39, 0.29) is 0 Å². The summed E-state index contributed by atoms with van der Waals surface area (Å²) in [7, 11) is 0. The number of rotatable bonds is 3. The molecule has 15 heavy (non-hydrogen) atoms. The maximum atomic E-state index is 10.7. The van der Waals surface area contributed by atoms with Gasteiger partial charge in [-0.05, 0) is 12.1 Å². The van der Waals surface area contributed by atoms with Gasteiger partial charge in [0, 0.05) is 12.1 Å². The summed E-state index contributed by atoms with van der Waals surface area (Å²) in [5.74, 6) is -1.22. The molecule has 0 saturated heterocycles. The van der Waals surface area contributed by atoms with Crippen molar-refractivity contribution < 1.29 is 9.90 Å². The van der Waals surface area contributed by atoms with E-state index in [2.05, 4.69) is 10.1 Å². The summed E-state index contributed by atoms with van der Waals surface area (Å²) in [6.07, 6.45) is 1.92. The van der Waals surface area contributed by atoms with Crippen LogP contribution in [-0.2, 0) is 11.2 Å². The average Bonchev–Trinajstić information content (AvgIpc) is 2.66. The third kappa shape index (κ3) is 1.81. The van der Waals surface area contributed by atoms with Gasteiger partial charge in [-0.15, -0.1) is 0 Å². The fourth-order valence-electron chi connectivity index (χ4n) is 1.46. The van der Waals surface area contributed by atoms with Gasteiger partial charge in [0.15, 0.2) is 5.65 Å². The van der Waals surface area contributed by atoms with Gasteiger partial charge in [-0.1, -0.05) is 13.0 Å². The number of carboxylic acids is 1. The van der Waals surface area contributed by atoms with Crippen LogP contribution in [-0.4, -0.2) is 25.7 Å². The fourth-order valence-corrected chi connectivity index (χ4v) is 1.46. The number of fused-ring (bicyclic) bond motifs is 1. The third-order valence-electron chi connectivity index (χ3n) is 2.32. The number of hydrogen-bond acceptors (Lipinski definition) is 3. The predicted molar refractivity (Wildman–Crippen MR) is 53.5 cm³/mol. The number of nitrogens with zero attached hydrogens (tertiary/aromatic N) is 3. The van der Waals surface area contributed by atoms with Crippen LogP contribution in [0, 0.1) is 5.92 Å². The van der Waals surface area contributed by atoms with Crippen molar-refractivity contribution in [2.45, 2.75) is 13.3 Å². The largest absolute Gasteiger partial charge is 0.481 e. The average molecular weight is 205 g/mol. The Morgan fingerprint density at radius 2 is 2.40 bits per heavy atom. The van der Waals surface area contributed by atoms with Crippen LogP contribution < -0.4 is 0 Å². The lowest BCUT2D eigenvalue weighted by Crippen LogP contribution is -2.14. The SMILES string of the molecule is CC(Cc1cccc2ncnn12)C(=O)O. The van der Waals surface area contributed by atoms with Crippen LogP contribution in [0.1, 0.15) is 12.6 Å². The fraction of sp³-hybridized carbons (Fsp3) is 0.300. The second-order valence-corrected chi connectivity index (χ2v) is 3.49. The molecule has 0 fully saturated rings. The highest BCUT2D eigenvalue weighted by Crippen LogP contribution is 2.09. The summed E-state index contributed by atoms with van der Waals surface area (Å²) < 4.78 is 1.67. The molecule has 0 amide bonds. The van der Waals surface area contributed by atoms with Crippen LogP contribution >= 0.6 is 0 Å². The Balaban J connectivity index is 2.35. The first kappa shape index (κ1) is 9.64. The molecule has 0 aliphatic heterocycles. The highest BCUT2D eigenvalue weighted by Gasteiger charge is 2.13. The van der Waals surface area contributed by atoms with Crippen LogP contribution in [0.4, 0.5) is 0 Å². The molecule has 0 spiro atoms. The van der Waals surface area contributed by atoms with Crippen molar-refractivity contribution in [3.8, 4) is 0 Å². The van der Waals surface area contributed by atoms with Gasteiger partial charge >= 0.3 is 5.97 Å². The van der Waals surface area contributed by atoms with Crippen molar-refractivity contribution in [2.24, 2.45) is 5.92 Å². The zero-order chi connectivity index (χ0) is 10.8. The maximum Gasteiger partial charge on any atom is 0.306 e. The molecule has 0 bridgehead atoms. The van der Waals surface area contributed by atoms with Crippen molar-refractivity contribution in [1.29, 1.82) is 0 Å². The lowest BCUT2D eigenvalue weighted by Gasteiger charge is -2.07. The molecular weight excluding hydrogens is 194 g/mol. The number of pyridine rings is 1. The van der Waals surface area contributed by atoms with Crippen LogP contribution in [0.25, 0.3) is 5.65 Å². The van der Waals surface area contributed by atoms with E-state index in [1.54, 1.807) is 11.4 Å². The number of carbonyl (C=O) groups is 1. The Morgan fingerprint density at radius 1 is 1.60 bits per heavy atom. The van der Waals surface area contributed by atoms with Gasteiger partial charge in [0.2, 0.25) is 0 Å². The second-order valence-electron chi connectivity index (χ2n) is 3.49.